The fraction of sp³-hybridized carbons (Fsp3) is 0.684. The van der Waals surface area contributed by atoms with Gasteiger partial charge in [-0.2, -0.15) is 0 Å². The predicted octanol–water partition coefficient (Wildman–Crippen LogP) is 4.14. The molecule has 5 atom stereocenters. The van der Waals surface area contributed by atoms with Crippen LogP contribution in [0, 0.1) is 18.8 Å². The van der Waals surface area contributed by atoms with Crippen LogP contribution < -0.4 is 5.73 Å². The molecule has 0 bridgehead atoms. The first kappa shape index (κ1) is 16.5. The van der Waals surface area contributed by atoms with Crippen LogP contribution >= 0.6 is 0 Å². The van der Waals surface area contributed by atoms with Gasteiger partial charge in [-0.1, -0.05) is 45.0 Å². The highest BCUT2D eigenvalue weighted by Crippen LogP contribution is 2.36. The van der Waals surface area contributed by atoms with Crippen LogP contribution in [-0.4, -0.2) is 23.5 Å². The molecule has 1 heterocycles. The number of rotatable bonds is 4. The van der Waals surface area contributed by atoms with Gasteiger partial charge in [-0.25, -0.2) is 0 Å². The van der Waals surface area contributed by atoms with Crippen LogP contribution in [0.15, 0.2) is 24.3 Å². The van der Waals surface area contributed by atoms with Crippen LogP contribution in [0.3, 0.4) is 0 Å². The molecule has 2 heteroatoms. The molecule has 1 aliphatic heterocycles. The van der Waals surface area contributed by atoms with Gasteiger partial charge >= 0.3 is 0 Å². The van der Waals surface area contributed by atoms with E-state index < -0.39 is 0 Å². The summed E-state index contributed by atoms with van der Waals surface area (Å²) in [6.07, 6.45) is 2.35. The van der Waals surface area contributed by atoms with Crippen LogP contribution in [0.5, 0.6) is 0 Å². The molecule has 1 saturated heterocycles. The first-order chi connectivity index (χ1) is 9.95. The molecule has 21 heavy (non-hydrogen) atoms. The number of benzene rings is 1. The number of aryl methyl sites for hydroxylation is 1. The van der Waals surface area contributed by atoms with Gasteiger partial charge in [0.05, 0.1) is 6.04 Å². The fourth-order valence-corrected chi connectivity index (χ4v) is 3.92. The molecule has 2 rings (SSSR count). The first-order valence-electron chi connectivity index (χ1n) is 8.52. The Morgan fingerprint density at radius 1 is 1.24 bits per heavy atom. The monoisotopic (exact) mass is 288 g/mol. The molecule has 1 aromatic carbocycles. The summed E-state index contributed by atoms with van der Waals surface area (Å²) in [6, 6.07) is 9.90. The summed E-state index contributed by atoms with van der Waals surface area (Å²) in [6.45, 7) is 12.7. The number of nitrogens with zero attached hydrogens (tertiary/aromatic N) is 1. The van der Waals surface area contributed by atoms with Gasteiger partial charge < -0.3 is 5.73 Å². The van der Waals surface area contributed by atoms with Crippen molar-refractivity contribution < 1.29 is 0 Å². The molecule has 1 fully saturated rings. The van der Waals surface area contributed by atoms with Crippen LogP contribution in [-0.2, 0) is 0 Å². The number of hydrogen-bond acceptors (Lipinski definition) is 2. The van der Waals surface area contributed by atoms with E-state index in [1.807, 2.05) is 0 Å². The summed E-state index contributed by atoms with van der Waals surface area (Å²) >= 11 is 0. The smallest absolute Gasteiger partial charge is 0.0504 e. The van der Waals surface area contributed by atoms with Crippen molar-refractivity contribution in [1.82, 2.24) is 4.90 Å². The topological polar surface area (TPSA) is 29.3 Å². The van der Waals surface area contributed by atoms with Gasteiger partial charge in [-0.15, -0.1) is 0 Å². The maximum atomic E-state index is 6.56. The number of nitrogens with two attached hydrogens (primary N) is 1. The molecule has 0 aliphatic carbocycles. The molecule has 1 aromatic rings. The highest BCUT2D eigenvalue weighted by atomic mass is 15.2. The van der Waals surface area contributed by atoms with Gasteiger partial charge in [0.15, 0.2) is 0 Å². The van der Waals surface area contributed by atoms with Gasteiger partial charge in [-0.3, -0.25) is 4.90 Å². The number of hydrogen-bond donors (Lipinski definition) is 1. The maximum Gasteiger partial charge on any atom is 0.0504 e. The summed E-state index contributed by atoms with van der Waals surface area (Å²) in [5, 5.41) is 0. The molecule has 0 radical (unpaired) electrons. The van der Waals surface area contributed by atoms with Crippen molar-refractivity contribution in [2.45, 2.75) is 65.6 Å². The molecule has 2 N–H and O–H groups in total. The van der Waals surface area contributed by atoms with Crippen LogP contribution in [0.1, 0.15) is 57.7 Å². The van der Waals surface area contributed by atoms with Crippen LogP contribution in [0.2, 0.25) is 0 Å². The molecule has 118 valence electrons. The Labute approximate surface area is 130 Å². The number of piperidine rings is 1. The van der Waals surface area contributed by atoms with Gasteiger partial charge in [0.25, 0.3) is 0 Å². The van der Waals surface area contributed by atoms with E-state index in [-0.39, 0.29) is 6.04 Å². The molecule has 0 saturated carbocycles. The standard InChI is InChI=1S/C19H32N2/c1-6-18(20)19(17-10-8-7-9-14(17)3)21-12-13(2)11-15(4)16(21)5/h7-10,13,15-16,18-19H,6,11-12,20H2,1-5H3. The first-order valence-corrected chi connectivity index (χ1v) is 8.52. The third-order valence-corrected chi connectivity index (χ3v) is 5.38. The van der Waals surface area contributed by atoms with E-state index in [0.29, 0.717) is 12.1 Å². The van der Waals surface area contributed by atoms with Gasteiger partial charge in [0.1, 0.15) is 0 Å². The normalized spacial score (nSPS) is 30.1. The average molecular weight is 288 g/mol. The minimum atomic E-state index is 0.200. The average Bonchev–Trinajstić information content (AvgIpc) is 2.45. The van der Waals surface area contributed by atoms with E-state index >= 15 is 0 Å². The molecule has 0 spiro atoms. The quantitative estimate of drug-likeness (QED) is 0.902. The predicted molar refractivity (Wildman–Crippen MR) is 91.3 cm³/mol. The van der Waals surface area contributed by atoms with Crippen molar-refractivity contribution in [3.05, 3.63) is 35.4 Å². The van der Waals surface area contributed by atoms with Crippen molar-refractivity contribution >= 4 is 0 Å². The fourth-order valence-electron chi connectivity index (χ4n) is 3.92. The van der Waals surface area contributed by atoms with Crippen molar-refractivity contribution in [2.24, 2.45) is 17.6 Å². The Morgan fingerprint density at radius 3 is 2.52 bits per heavy atom. The lowest BCUT2D eigenvalue weighted by Gasteiger charge is -2.47. The van der Waals surface area contributed by atoms with Crippen molar-refractivity contribution in [3.8, 4) is 0 Å². The highest BCUT2D eigenvalue weighted by Gasteiger charge is 2.36. The Bertz CT molecular complexity index is 457. The minimum Gasteiger partial charge on any atom is -0.326 e. The largest absolute Gasteiger partial charge is 0.326 e. The van der Waals surface area contributed by atoms with E-state index in [1.165, 1.54) is 17.5 Å². The van der Waals surface area contributed by atoms with E-state index in [4.69, 9.17) is 5.73 Å². The summed E-state index contributed by atoms with van der Waals surface area (Å²) in [4.78, 5) is 2.68. The van der Waals surface area contributed by atoms with E-state index in [0.717, 1.165) is 24.8 Å². The minimum absolute atomic E-state index is 0.200. The zero-order valence-electron chi connectivity index (χ0n) is 14.3. The van der Waals surface area contributed by atoms with Crippen molar-refractivity contribution in [2.75, 3.05) is 6.54 Å². The third-order valence-electron chi connectivity index (χ3n) is 5.38. The lowest BCUT2D eigenvalue weighted by Crippen LogP contribution is -2.52. The molecule has 0 aromatic heterocycles. The van der Waals surface area contributed by atoms with Gasteiger partial charge in [0.2, 0.25) is 0 Å². The third kappa shape index (κ3) is 3.49. The van der Waals surface area contributed by atoms with E-state index in [1.54, 1.807) is 0 Å². The molecular formula is C19H32N2. The van der Waals surface area contributed by atoms with Crippen LogP contribution in [0.4, 0.5) is 0 Å². The van der Waals surface area contributed by atoms with Gasteiger partial charge in [0, 0.05) is 18.6 Å². The zero-order chi connectivity index (χ0) is 15.6. The van der Waals surface area contributed by atoms with E-state index in [2.05, 4.69) is 63.8 Å². The summed E-state index contributed by atoms with van der Waals surface area (Å²) < 4.78 is 0. The second-order valence-electron chi connectivity index (χ2n) is 7.13. The second-order valence-corrected chi connectivity index (χ2v) is 7.13. The highest BCUT2D eigenvalue weighted by molar-refractivity contribution is 5.30. The second kappa shape index (κ2) is 6.93. The summed E-state index contributed by atoms with van der Waals surface area (Å²) in [7, 11) is 0. The Morgan fingerprint density at radius 2 is 1.90 bits per heavy atom. The lowest BCUT2D eigenvalue weighted by molar-refractivity contribution is 0.0285. The van der Waals surface area contributed by atoms with E-state index in [9.17, 15) is 0 Å². The lowest BCUT2D eigenvalue weighted by atomic mass is 9.82. The Balaban J connectivity index is 2.38. The van der Waals surface area contributed by atoms with Crippen molar-refractivity contribution in [3.63, 3.8) is 0 Å². The molecule has 2 nitrogen and oxygen atoms in total. The Hall–Kier alpha value is -0.860. The van der Waals surface area contributed by atoms with Crippen molar-refractivity contribution in [1.29, 1.82) is 0 Å². The summed E-state index contributed by atoms with van der Waals surface area (Å²) in [5.41, 5.74) is 9.34. The van der Waals surface area contributed by atoms with Crippen LogP contribution in [0.25, 0.3) is 0 Å². The molecule has 5 unspecified atom stereocenters. The number of likely N-dealkylation sites (tertiary alicyclic amines) is 1. The summed E-state index contributed by atoms with van der Waals surface area (Å²) in [5.74, 6) is 1.50. The van der Waals surface area contributed by atoms with Gasteiger partial charge in [-0.05, 0) is 49.7 Å². The Kier molecular flexibility index (Phi) is 5.45. The molecule has 0 amide bonds. The molecular weight excluding hydrogens is 256 g/mol. The SMILES string of the molecule is CCC(N)C(c1ccccc1C)N1CC(C)CC(C)C1C. The maximum absolute atomic E-state index is 6.56. The molecule has 1 aliphatic rings. The zero-order valence-corrected chi connectivity index (χ0v) is 14.3.